The molecule has 7 nitrogen and oxygen atoms in total. The Labute approximate surface area is 172 Å². The average molecular weight is 417 g/mol. The maximum absolute atomic E-state index is 13.7. The second kappa shape index (κ2) is 7.76. The van der Waals surface area contributed by atoms with Crippen LogP contribution in [-0.2, 0) is 0 Å². The number of halogens is 2. The van der Waals surface area contributed by atoms with E-state index in [4.69, 9.17) is 16.1 Å². The highest BCUT2D eigenvalue weighted by atomic mass is 35.5. The smallest absolute Gasteiger partial charge is 0.222 e. The van der Waals surface area contributed by atoms with Crippen LogP contribution in [0, 0.1) is 11.7 Å². The maximum Gasteiger partial charge on any atom is 0.222 e. The highest BCUT2D eigenvalue weighted by Crippen LogP contribution is 2.31. The Hall–Kier alpha value is -2.45. The molecule has 2 fully saturated rings. The lowest BCUT2D eigenvalue weighted by Gasteiger charge is -2.46. The van der Waals surface area contributed by atoms with Crippen molar-refractivity contribution in [2.24, 2.45) is 5.92 Å². The number of piperazine rings is 1. The number of piperidine rings is 1. The van der Waals surface area contributed by atoms with Gasteiger partial charge in [-0.2, -0.15) is 0 Å². The molecule has 29 heavy (non-hydrogen) atoms. The molecule has 5 rings (SSSR count). The SMILES string of the molecule is Fc1ccc2onc(N3CCN4C[C@@H](CNc5ncc(Cl)cn5)CC[C@H]4C3)c2c1. The van der Waals surface area contributed by atoms with Crippen molar-refractivity contribution in [1.29, 1.82) is 0 Å². The molecule has 1 N–H and O–H groups in total. The van der Waals surface area contributed by atoms with Gasteiger partial charge in [0.15, 0.2) is 11.4 Å². The molecule has 9 heteroatoms. The molecule has 2 aliphatic rings. The highest BCUT2D eigenvalue weighted by molar-refractivity contribution is 6.30. The number of anilines is 2. The maximum atomic E-state index is 13.7. The first-order valence-electron chi connectivity index (χ1n) is 9.91. The van der Waals surface area contributed by atoms with Crippen molar-refractivity contribution < 1.29 is 8.91 Å². The van der Waals surface area contributed by atoms with Crippen LogP contribution in [0.3, 0.4) is 0 Å². The first-order chi connectivity index (χ1) is 14.2. The molecule has 0 amide bonds. The number of aromatic nitrogens is 3. The second-order valence-electron chi connectivity index (χ2n) is 7.79. The van der Waals surface area contributed by atoms with Gasteiger partial charge in [-0.25, -0.2) is 14.4 Å². The zero-order valence-electron chi connectivity index (χ0n) is 15.9. The molecule has 2 atom stereocenters. The van der Waals surface area contributed by atoms with Gasteiger partial charge in [0.25, 0.3) is 0 Å². The number of nitrogens with one attached hydrogen (secondary N) is 1. The summed E-state index contributed by atoms with van der Waals surface area (Å²) in [6.45, 7) is 4.60. The lowest BCUT2D eigenvalue weighted by molar-refractivity contribution is 0.0994. The van der Waals surface area contributed by atoms with Crippen LogP contribution in [0.4, 0.5) is 16.2 Å². The van der Waals surface area contributed by atoms with Gasteiger partial charge in [-0.1, -0.05) is 16.8 Å². The Morgan fingerprint density at radius 2 is 2.03 bits per heavy atom. The number of hydrogen-bond donors (Lipinski definition) is 1. The summed E-state index contributed by atoms with van der Waals surface area (Å²) in [7, 11) is 0. The predicted octanol–water partition coefficient (Wildman–Crippen LogP) is 3.42. The van der Waals surface area contributed by atoms with Crippen LogP contribution in [0.1, 0.15) is 12.8 Å². The third kappa shape index (κ3) is 3.86. The van der Waals surface area contributed by atoms with Crippen molar-refractivity contribution in [3.05, 3.63) is 41.4 Å². The van der Waals surface area contributed by atoms with Crippen molar-refractivity contribution in [3.8, 4) is 0 Å². The van der Waals surface area contributed by atoms with Gasteiger partial charge in [-0.3, -0.25) is 4.90 Å². The van der Waals surface area contributed by atoms with Gasteiger partial charge >= 0.3 is 0 Å². The molecule has 0 aliphatic carbocycles. The molecule has 1 aromatic carbocycles. The number of rotatable bonds is 4. The van der Waals surface area contributed by atoms with Gasteiger partial charge in [0.1, 0.15) is 5.82 Å². The lowest BCUT2D eigenvalue weighted by Crippen LogP contribution is -2.57. The molecule has 2 aliphatic heterocycles. The van der Waals surface area contributed by atoms with Gasteiger partial charge < -0.3 is 14.7 Å². The van der Waals surface area contributed by atoms with Crippen molar-refractivity contribution in [3.63, 3.8) is 0 Å². The topological polar surface area (TPSA) is 70.3 Å². The van der Waals surface area contributed by atoms with Crippen LogP contribution in [0.2, 0.25) is 5.02 Å². The van der Waals surface area contributed by atoms with Crippen molar-refractivity contribution >= 4 is 34.3 Å². The molecule has 2 saturated heterocycles. The molecule has 152 valence electrons. The Balaban J connectivity index is 1.20. The van der Waals surface area contributed by atoms with E-state index in [-0.39, 0.29) is 5.82 Å². The number of hydrogen-bond acceptors (Lipinski definition) is 7. The fourth-order valence-corrected chi connectivity index (χ4v) is 4.48. The molecule has 0 radical (unpaired) electrons. The van der Waals surface area contributed by atoms with Crippen molar-refractivity contribution in [1.82, 2.24) is 20.0 Å². The van der Waals surface area contributed by atoms with E-state index in [1.54, 1.807) is 18.5 Å². The number of nitrogens with zero attached hydrogens (tertiary/aromatic N) is 5. The quantitative estimate of drug-likeness (QED) is 0.698. The monoisotopic (exact) mass is 416 g/mol. The second-order valence-corrected chi connectivity index (χ2v) is 8.23. The van der Waals surface area contributed by atoms with Crippen LogP contribution >= 0.6 is 11.6 Å². The summed E-state index contributed by atoms with van der Waals surface area (Å²) in [5.74, 6) is 1.66. The molecular formula is C20H22ClFN6O. The van der Waals surface area contributed by atoms with Gasteiger partial charge in [-0.05, 0) is 37.0 Å². The summed E-state index contributed by atoms with van der Waals surface area (Å²) < 4.78 is 19.1. The average Bonchev–Trinajstić information content (AvgIpc) is 3.16. The van der Waals surface area contributed by atoms with E-state index < -0.39 is 0 Å². The van der Waals surface area contributed by atoms with Gasteiger partial charge in [0.2, 0.25) is 5.95 Å². The number of benzene rings is 1. The van der Waals surface area contributed by atoms with E-state index in [2.05, 4.69) is 30.2 Å². The minimum atomic E-state index is -0.265. The fourth-order valence-electron chi connectivity index (χ4n) is 4.38. The first kappa shape index (κ1) is 18.6. The first-order valence-corrected chi connectivity index (χ1v) is 10.3. The van der Waals surface area contributed by atoms with E-state index in [0.717, 1.165) is 56.8 Å². The van der Waals surface area contributed by atoms with Gasteiger partial charge in [0, 0.05) is 38.8 Å². The van der Waals surface area contributed by atoms with Crippen LogP contribution < -0.4 is 10.2 Å². The normalized spacial score (nSPS) is 22.6. The van der Waals surface area contributed by atoms with Crippen LogP contribution in [0.25, 0.3) is 11.0 Å². The third-order valence-corrected chi connectivity index (χ3v) is 6.08. The molecular weight excluding hydrogens is 395 g/mol. The zero-order chi connectivity index (χ0) is 19.8. The minimum absolute atomic E-state index is 0.265. The summed E-state index contributed by atoms with van der Waals surface area (Å²) in [6, 6.07) is 5.03. The molecule has 3 aromatic rings. The largest absolute Gasteiger partial charge is 0.354 e. The Kier molecular flexibility index (Phi) is 4.97. The summed E-state index contributed by atoms with van der Waals surface area (Å²) in [5.41, 5.74) is 0.628. The van der Waals surface area contributed by atoms with Gasteiger partial charge in [0.05, 0.1) is 22.8 Å². The van der Waals surface area contributed by atoms with Crippen molar-refractivity contribution in [2.45, 2.75) is 18.9 Å². The molecule has 0 saturated carbocycles. The standard InChI is InChI=1S/C20H22ClFN6O/c21-14-9-24-20(25-10-14)23-8-13-1-3-16-12-28(6-5-27(16)11-13)19-17-7-15(22)2-4-18(17)29-26-19/h2,4,7,9-10,13,16H,1,3,5-6,8,11-12H2,(H,23,24,25)/t13-,16+/m1/s1. The highest BCUT2D eigenvalue weighted by Gasteiger charge is 2.34. The summed E-state index contributed by atoms with van der Waals surface area (Å²) in [5, 5.41) is 8.82. The molecule has 2 aromatic heterocycles. The zero-order valence-corrected chi connectivity index (χ0v) is 16.6. The van der Waals surface area contributed by atoms with Crippen LogP contribution in [0.15, 0.2) is 35.1 Å². The third-order valence-electron chi connectivity index (χ3n) is 5.89. The summed E-state index contributed by atoms with van der Waals surface area (Å²) in [6.07, 6.45) is 5.47. The van der Waals surface area contributed by atoms with Crippen molar-refractivity contribution in [2.75, 3.05) is 42.9 Å². The lowest BCUT2D eigenvalue weighted by atomic mass is 9.91. The molecule has 0 bridgehead atoms. The van der Waals surface area contributed by atoms with E-state index in [1.807, 2.05) is 0 Å². The summed E-state index contributed by atoms with van der Waals surface area (Å²) in [4.78, 5) is 13.2. The van der Waals surface area contributed by atoms with Gasteiger partial charge in [-0.15, -0.1) is 0 Å². The fraction of sp³-hybridized carbons (Fsp3) is 0.450. The van der Waals surface area contributed by atoms with E-state index in [1.165, 1.54) is 12.1 Å². The van der Waals surface area contributed by atoms with E-state index >= 15 is 0 Å². The summed E-state index contributed by atoms with van der Waals surface area (Å²) >= 11 is 5.83. The van der Waals surface area contributed by atoms with Crippen LogP contribution in [0.5, 0.6) is 0 Å². The molecule has 0 spiro atoms. The molecule has 4 heterocycles. The minimum Gasteiger partial charge on any atom is -0.354 e. The van der Waals surface area contributed by atoms with E-state index in [0.29, 0.717) is 28.5 Å². The molecule has 0 unspecified atom stereocenters. The Bertz CT molecular complexity index is 996. The predicted molar refractivity (Wildman–Crippen MR) is 110 cm³/mol. The number of fused-ring (bicyclic) bond motifs is 2. The Morgan fingerprint density at radius 3 is 2.90 bits per heavy atom. The Morgan fingerprint density at radius 1 is 1.17 bits per heavy atom. The van der Waals surface area contributed by atoms with E-state index in [9.17, 15) is 4.39 Å². The van der Waals surface area contributed by atoms with Crippen LogP contribution in [-0.4, -0.2) is 58.8 Å².